The van der Waals surface area contributed by atoms with E-state index in [1.165, 1.54) is 0 Å². The van der Waals surface area contributed by atoms with E-state index in [2.05, 4.69) is 15.9 Å². The maximum atomic E-state index is 11.0. The van der Waals surface area contributed by atoms with E-state index < -0.39 is 5.97 Å². The number of carboxylic acids is 1. The molecule has 1 aliphatic heterocycles. The molecule has 2 rings (SSSR count). The molecule has 0 saturated carbocycles. The number of nitrogens with zero attached hydrogens (tertiary/aromatic N) is 1. The Morgan fingerprint density at radius 3 is 2.75 bits per heavy atom. The van der Waals surface area contributed by atoms with Crippen molar-refractivity contribution in [3.05, 3.63) is 22.2 Å². The Morgan fingerprint density at radius 2 is 2.10 bits per heavy atom. The normalized spacial score (nSPS) is 15.8. The summed E-state index contributed by atoms with van der Waals surface area (Å²) >= 11 is 3.48. The molecule has 6 heteroatoms. The Labute approximate surface area is 126 Å². The van der Waals surface area contributed by atoms with E-state index in [1.54, 1.807) is 0 Å². The largest absolute Gasteiger partial charge is 0.490 e. The van der Waals surface area contributed by atoms with Crippen molar-refractivity contribution in [2.75, 3.05) is 27.3 Å². The molecule has 110 valence electrons. The smallest absolute Gasteiger partial charge is 0.305 e. The summed E-state index contributed by atoms with van der Waals surface area (Å²) in [6.07, 6.45) is 0.877. The first kappa shape index (κ1) is 15.1. The summed E-state index contributed by atoms with van der Waals surface area (Å²) in [6, 6.07) is 3.57. The molecule has 1 atom stereocenters. The summed E-state index contributed by atoms with van der Waals surface area (Å²) in [6.45, 7) is 1.23. The minimum absolute atomic E-state index is 0.0408. The third kappa shape index (κ3) is 3.43. The number of rotatable bonds is 4. The van der Waals surface area contributed by atoms with Crippen LogP contribution in [0.4, 0.5) is 0 Å². The first-order valence-electron chi connectivity index (χ1n) is 6.46. The fraction of sp³-hybridized carbons (Fsp3) is 0.500. The van der Waals surface area contributed by atoms with Crippen LogP contribution in [0.1, 0.15) is 24.4 Å². The molecule has 1 unspecified atom stereocenters. The quantitative estimate of drug-likeness (QED) is 0.910. The van der Waals surface area contributed by atoms with Crippen LogP contribution in [-0.2, 0) is 4.79 Å². The first-order valence-corrected chi connectivity index (χ1v) is 7.25. The second-order valence-electron chi connectivity index (χ2n) is 4.96. The fourth-order valence-corrected chi connectivity index (χ4v) is 2.78. The molecule has 0 amide bonds. The van der Waals surface area contributed by atoms with Crippen LogP contribution in [-0.4, -0.2) is 43.3 Å². The van der Waals surface area contributed by atoms with E-state index >= 15 is 0 Å². The minimum atomic E-state index is -0.827. The van der Waals surface area contributed by atoms with Gasteiger partial charge in [0.15, 0.2) is 11.5 Å². The second-order valence-corrected chi connectivity index (χ2v) is 5.81. The molecule has 1 aromatic carbocycles. The fourth-order valence-electron chi connectivity index (χ4n) is 2.21. The summed E-state index contributed by atoms with van der Waals surface area (Å²) in [5.41, 5.74) is 0.897. The first-order chi connectivity index (χ1) is 9.49. The lowest BCUT2D eigenvalue weighted by atomic mass is 10.0. The Hall–Kier alpha value is -1.27. The highest BCUT2D eigenvalue weighted by atomic mass is 79.9. The molecule has 0 bridgehead atoms. The van der Waals surface area contributed by atoms with E-state index in [-0.39, 0.29) is 12.5 Å². The van der Waals surface area contributed by atoms with E-state index in [1.807, 2.05) is 31.1 Å². The molecule has 1 aliphatic rings. The summed E-state index contributed by atoms with van der Waals surface area (Å²) in [7, 11) is 3.73. The van der Waals surface area contributed by atoms with Crippen molar-refractivity contribution in [1.29, 1.82) is 0 Å². The van der Waals surface area contributed by atoms with Crippen molar-refractivity contribution in [2.45, 2.75) is 18.9 Å². The molecule has 1 aromatic rings. The van der Waals surface area contributed by atoms with Gasteiger partial charge >= 0.3 is 5.97 Å². The molecular formula is C14H18BrNO4. The Balaban J connectivity index is 2.38. The van der Waals surface area contributed by atoms with Crippen LogP contribution in [0.5, 0.6) is 11.5 Å². The maximum Gasteiger partial charge on any atom is 0.305 e. The molecule has 0 saturated heterocycles. The number of benzene rings is 1. The van der Waals surface area contributed by atoms with Gasteiger partial charge in [-0.1, -0.05) is 0 Å². The molecule has 0 spiro atoms. The number of halogens is 1. The van der Waals surface area contributed by atoms with Crippen LogP contribution in [0.3, 0.4) is 0 Å². The van der Waals surface area contributed by atoms with Gasteiger partial charge < -0.3 is 19.5 Å². The van der Waals surface area contributed by atoms with Gasteiger partial charge in [-0.3, -0.25) is 4.79 Å². The van der Waals surface area contributed by atoms with Crippen molar-refractivity contribution in [3.63, 3.8) is 0 Å². The number of fused-ring (bicyclic) bond motifs is 1. The SMILES string of the molecule is CN(C)C(CC(=O)O)c1cc(Br)c2c(c1)OCCCO2. The van der Waals surface area contributed by atoms with Gasteiger partial charge in [-0.2, -0.15) is 0 Å². The van der Waals surface area contributed by atoms with Crippen LogP contribution >= 0.6 is 15.9 Å². The monoisotopic (exact) mass is 343 g/mol. The molecular weight excluding hydrogens is 326 g/mol. The van der Waals surface area contributed by atoms with Gasteiger partial charge in [0, 0.05) is 12.5 Å². The van der Waals surface area contributed by atoms with Gasteiger partial charge in [0.05, 0.1) is 24.1 Å². The van der Waals surface area contributed by atoms with E-state index in [0.717, 1.165) is 16.5 Å². The summed E-state index contributed by atoms with van der Waals surface area (Å²) in [5.74, 6) is 0.537. The molecule has 5 nitrogen and oxygen atoms in total. The van der Waals surface area contributed by atoms with E-state index in [0.29, 0.717) is 24.7 Å². The zero-order valence-corrected chi connectivity index (χ0v) is 13.1. The summed E-state index contributed by atoms with van der Waals surface area (Å²) in [4.78, 5) is 12.9. The molecule has 0 radical (unpaired) electrons. The highest BCUT2D eigenvalue weighted by Crippen LogP contribution is 2.40. The van der Waals surface area contributed by atoms with E-state index in [4.69, 9.17) is 14.6 Å². The third-order valence-corrected chi connectivity index (χ3v) is 3.79. The second kappa shape index (κ2) is 6.45. The van der Waals surface area contributed by atoms with Gasteiger partial charge in [0.25, 0.3) is 0 Å². The summed E-state index contributed by atoms with van der Waals surface area (Å²) < 4.78 is 12.1. The summed E-state index contributed by atoms with van der Waals surface area (Å²) in [5, 5.41) is 9.05. The van der Waals surface area contributed by atoms with Crippen molar-refractivity contribution in [3.8, 4) is 11.5 Å². The van der Waals surface area contributed by atoms with Gasteiger partial charge in [0.1, 0.15) is 0 Å². The zero-order valence-electron chi connectivity index (χ0n) is 11.6. The van der Waals surface area contributed by atoms with Gasteiger partial charge in [0.2, 0.25) is 0 Å². The zero-order chi connectivity index (χ0) is 14.7. The van der Waals surface area contributed by atoms with Gasteiger partial charge in [-0.05, 0) is 47.7 Å². The highest BCUT2D eigenvalue weighted by molar-refractivity contribution is 9.10. The maximum absolute atomic E-state index is 11.0. The lowest BCUT2D eigenvalue weighted by molar-refractivity contribution is -0.138. The van der Waals surface area contributed by atoms with Crippen LogP contribution < -0.4 is 9.47 Å². The van der Waals surface area contributed by atoms with Crippen LogP contribution in [0.2, 0.25) is 0 Å². The van der Waals surface area contributed by atoms with Crippen LogP contribution in [0.25, 0.3) is 0 Å². The van der Waals surface area contributed by atoms with Crippen molar-refractivity contribution < 1.29 is 19.4 Å². The Bertz CT molecular complexity index is 504. The van der Waals surface area contributed by atoms with Gasteiger partial charge in [-0.15, -0.1) is 0 Å². The molecule has 0 aliphatic carbocycles. The lowest BCUT2D eigenvalue weighted by Crippen LogP contribution is -2.22. The number of hydrogen-bond donors (Lipinski definition) is 1. The lowest BCUT2D eigenvalue weighted by Gasteiger charge is -2.24. The minimum Gasteiger partial charge on any atom is -0.490 e. The highest BCUT2D eigenvalue weighted by Gasteiger charge is 2.22. The number of aliphatic carboxylic acids is 1. The average molecular weight is 344 g/mol. The number of ether oxygens (including phenoxy) is 2. The predicted molar refractivity (Wildman–Crippen MR) is 78.4 cm³/mol. The van der Waals surface area contributed by atoms with E-state index in [9.17, 15) is 4.79 Å². The number of carboxylic acid groups (broad SMARTS) is 1. The Morgan fingerprint density at radius 1 is 1.40 bits per heavy atom. The van der Waals surface area contributed by atoms with Crippen molar-refractivity contribution in [2.24, 2.45) is 0 Å². The van der Waals surface area contributed by atoms with Crippen LogP contribution in [0, 0.1) is 0 Å². The van der Waals surface area contributed by atoms with Crippen molar-refractivity contribution >= 4 is 21.9 Å². The molecule has 1 heterocycles. The van der Waals surface area contributed by atoms with Crippen LogP contribution in [0.15, 0.2) is 16.6 Å². The third-order valence-electron chi connectivity index (χ3n) is 3.20. The molecule has 20 heavy (non-hydrogen) atoms. The standard InChI is InChI=1S/C14H18BrNO4/c1-16(2)11(8-13(17)18)9-6-10(15)14-12(7-9)19-4-3-5-20-14/h6-7,11H,3-5,8H2,1-2H3,(H,17,18). The molecule has 1 N–H and O–H groups in total. The molecule has 0 aromatic heterocycles. The average Bonchev–Trinajstić information content (AvgIpc) is 2.60. The van der Waals surface area contributed by atoms with Gasteiger partial charge in [-0.25, -0.2) is 0 Å². The predicted octanol–water partition coefficient (Wildman–Crippen LogP) is 2.69. The van der Waals surface area contributed by atoms with Crippen molar-refractivity contribution in [1.82, 2.24) is 4.90 Å². The number of hydrogen-bond acceptors (Lipinski definition) is 4. The Kier molecular flexibility index (Phi) is 4.88. The molecule has 0 fully saturated rings. The number of carbonyl (C=O) groups is 1. The topological polar surface area (TPSA) is 59.0 Å².